The van der Waals surface area contributed by atoms with Crippen molar-refractivity contribution in [2.24, 2.45) is 0 Å². The van der Waals surface area contributed by atoms with Crippen molar-refractivity contribution in [3.8, 4) is 0 Å². The van der Waals surface area contributed by atoms with Gasteiger partial charge in [-0.25, -0.2) is 8.42 Å². The van der Waals surface area contributed by atoms with Crippen LogP contribution in [0.3, 0.4) is 0 Å². The largest absolute Gasteiger partial charge is 0.276 e. The summed E-state index contributed by atoms with van der Waals surface area (Å²) in [6.45, 7) is 3.77. The van der Waals surface area contributed by atoms with Crippen LogP contribution in [0, 0.1) is 13.8 Å². The first kappa shape index (κ1) is 20.0. The van der Waals surface area contributed by atoms with Gasteiger partial charge in [-0.1, -0.05) is 40.9 Å². The van der Waals surface area contributed by atoms with E-state index in [1.165, 1.54) is 6.20 Å². The monoisotopic (exact) mass is 443 g/mol. The minimum atomic E-state index is -3.77. The van der Waals surface area contributed by atoms with E-state index >= 15 is 0 Å². The van der Waals surface area contributed by atoms with Crippen molar-refractivity contribution in [2.45, 2.75) is 25.3 Å². The summed E-state index contributed by atoms with van der Waals surface area (Å²) in [7, 11) is -3.77. The Balaban J connectivity index is 1.84. The van der Waals surface area contributed by atoms with E-state index in [9.17, 15) is 8.42 Å². The first-order valence-corrected chi connectivity index (χ1v) is 10.5. The standard InChI is InChI=1S/C18H16Cl3N3O2S/c1-11-7-18(12(2)6-17(11)21)27(25,26)23-13-8-22-24(9-13)10-14-15(19)4-3-5-16(14)20/h3-9,23H,10H2,1-2H3. The number of nitrogens with one attached hydrogen (secondary N) is 1. The van der Waals surface area contributed by atoms with Crippen LogP contribution in [0.2, 0.25) is 15.1 Å². The fraction of sp³-hybridized carbons (Fsp3) is 0.167. The van der Waals surface area contributed by atoms with E-state index in [0.717, 1.165) is 0 Å². The van der Waals surface area contributed by atoms with Gasteiger partial charge in [0.25, 0.3) is 10.0 Å². The molecule has 3 rings (SSSR count). The molecular weight excluding hydrogens is 429 g/mol. The van der Waals surface area contributed by atoms with Gasteiger partial charge in [0, 0.05) is 26.8 Å². The van der Waals surface area contributed by atoms with Crippen molar-refractivity contribution in [3.63, 3.8) is 0 Å². The molecule has 0 atom stereocenters. The van der Waals surface area contributed by atoms with Crippen LogP contribution in [-0.4, -0.2) is 18.2 Å². The highest BCUT2D eigenvalue weighted by Crippen LogP contribution is 2.27. The summed E-state index contributed by atoms with van der Waals surface area (Å²) in [5.41, 5.74) is 2.30. The maximum absolute atomic E-state index is 12.7. The van der Waals surface area contributed by atoms with Gasteiger partial charge in [0.2, 0.25) is 0 Å². The van der Waals surface area contributed by atoms with E-state index in [4.69, 9.17) is 34.8 Å². The number of halogens is 3. The number of anilines is 1. The van der Waals surface area contributed by atoms with Gasteiger partial charge in [-0.3, -0.25) is 9.40 Å². The molecule has 0 fully saturated rings. The average Bonchev–Trinajstić information content (AvgIpc) is 3.00. The summed E-state index contributed by atoms with van der Waals surface area (Å²) in [5, 5.41) is 5.74. The highest BCUT2D eigenvalue weighted by Gasteiger charge is 2.19. The molecule has 9 heteroatoms. The number of sulfonamides is 1. The zero-order chi connectivity index (χ0) is 19.8. The molecule has 5 nitrogen and oxygen atoms in total. The molecule has 1 heterocycles. The molecule has 142 valence electrons. The topological polar surface area (TPSA) is 64.0 Å². The zero-order valence-electron chi connectivity index (χ0n) is 14.5. The third-order valence-electron chi connectivity index (χ3n) is 4.01. The molecule has 0 saturated heterocycles. The van der Waals surface area contributed by atoms with Gasteiger partial charge in [-0.15, -0.1) is 0 Å². The molecule has 1 aromatic heterocycles. The highest BCUT2D eigenvalue weighted by molar-refractivity contribution is 7.92. The molecule has 0 aliphatic heterocycles. The Labute approximate surface area is 172 Å². The maximum atomic E-state index is 12.7. The minimum absolute atomic E-state index is 0.172. The molecular formula is C18H16Cl3N3O2S. The minimum Gasteiger partial charge on any atom is -0.276 e. The van der Waals surface area contributed by atoms with Crippen molar-refractivity contribution >= 4 is 50.5 Å². The van der Waals surface area contributed by atoms with Crippen molar-refractivity contribution in [1.82, 2.24) is 9.78 Å². The molecule has 0 unspecified atom stereocenters. The maximum Gasteiger partial charge on any atom is 0.262 e. The summed E-state index contributed by atoms with van der Waals surface area (Å²) >= 11 is 18.4. The number of hydrogen-bond donors (Lipinski definition) is 1. The van der Waals surface area contributed by atoms with Gasteiger partial charge in [0.15, 0.2) is 0 Å². The molecule has 0 radical (unpaired) electrons. The van der Waals surface area contributed by atoms with Gasteiger partial charge in [0.05, 0.1) is 23.3 Å². The molecule has 1 N–H and O–H groups in total. The Morgan fingerprint density at radius 1 is 1.04 bits per heavy atom. The van der Waals surface area contributed by atoms with Crippen LogP contribution in [-0.2, 0) is 16.6 Å². The predicted octanol–water partition coefficient (Wildman–Crippen LogP) is 5.31. The Hall–Kier alpha value is -1.73. The SMILES string of the molecule is Cc1cc(S(=O)(=O)Nc2cnn(Cc3c(Cl)cccc3Cl)c2)c(C)cc1Cl. The number of hydrogen-bond acceptors (Lipinski definition) is 3. The van der Waals surface area contributed by atoms with Gasteiger partial charge < -0.3 is 0 Å². The van der Waals surface area contributed by atoms with E-state index in [1.807, 2.05) is 0 Å². The molecule has 0 aliphatic rings. The van der Waals surface area contributed by atoms with Crippen molar-refractivity contribution in [3.05, 3.63) is 74.5 Å². The van der Waals surface area contributed by atoms with E-state index in [0.29, 0.717) is 44.0 Å². The van der Waals surface area contributed by atoms with Crippen LogP contribution < -0.4 is 4.72 Å². The number of nitrogens with zero attached hydrogens (tertiary/aromatic N) is 2. The molecule has 0 aliphatic carbocycles. The zero-order valence-corrected chi connectivity index (χ0v) is 17.6. The fourth-order valence-corrected chi connectivity index (χ4v) is 4.68. The molecule has 0 saturated carbocycles. The molecule has 3 aromatic rings. The molecule has 27 heavy (non-hydrogen) atoms. The highest BCUT2D eigenvalue weighted by atomic mass is 35.5. The lowest BCUT2D eigenvalue weighted by molar-refractivity contribution is 0.600. The lowest BCUT2D eigenvalue weighted by Crippen LogP contribution is -2.14. The molecule has 0 amide bonds. The lowest BCUT2D eigenvalue weighted by Gasteiger charge is -2.11. The second-order valence-corrected chi connectivity index (χ2v) is 8.97. The van der Waals surface area contributed by atoms with Crippen molar-refractivity contribution in [2.75, 3.05) is 4.72 Å². The first-order chi connectivity index (χ1) is 12.7. The third kappa shape index (κ3) is 4.41. The van der Waals surface area contributed by atoms with Crippen molar-refractivity contribution in [1.29, 1.82) is 0 Å². The number of benzene rings is 2. The van der Waals surface area contributed by atoms with Gasteiger partial charge >= 0.3 is 0 Å². The van der Waals surface area contributed by atoms with Crippen LogP contribution in [0.25, 0.3) is 0 Å². The Morgan fingerprint density at radius 3 is 2.37 bits per heavy atom. The quantitative estimate of drug-likeness (QED) is 0.580. The second kappa shape index (κ2) is 7.72. The number of aryl methyl sites for hydroxylation is 2. The van der Waals surface area contributed by atoms with E-state index in [2.05, 4.69) is 9.82 Å². The van der Waals surface area contributed by atoms with E-state index < -0.39 is 10.0 Å². The third-order valence-corrected chi connectivity index (χ3v) is 6.65. The first-order valence-electron chi connectivity index (χ1n) is 7.92. The smallest absolute Gasteiger partial charge is 0.262 e. The summed E-state index contributed by atoms with van der Waals surface area (Å²) in [6.07, 6.45) is 3.01. The predicted molar refractivity (Wildman–Crippen MR) is 110 cm³/mol. The van der Waals surface area contributed by atoms with Crippen LogP contribution in [0.4, 0.5) is 5.69 Å². The van der Waals surface area contributed by atoms with Gasteiger partial charge in [-0.05, 0) is 49.2 Å². The number of aromatic nitrogens is 2. The second-order valence-electron chi connectivity index (χ2n) is 6.10. The summed E-state index contributed by atoms with van der Waals surface area (Å²) < 4.78 is 29.6. The van der Waals surface area contributed by atoms with Gasteiger partial charge in [-0.2, -0.15) is 5.10 Å². The van der Waals surface area contributed by atoms with Crippen LogP contribution in [0.5, 0.6) is 0 Å². The number of rotatable bonds is 5. The van der Waals surface area contributed by atoms with Crippen molar-refractivity contribution < 1.29 is 8.42 Å². The fourth-order valence-electron chi connectivity index (χ4n) is 2.60. The Bertz CT molecular complexity index is 1090. The molecule has 2 aromatic carbocycles. The Morgan fingerprint density at radius 2 is 1.70 bits per heavy atom. The lowest BCUT2D eigenvalue weighted by atomic mass is 10.2. The summed E-state index contributed by atoms with van der Waals surface area (Å²) in [6, 6.07) is 8.42. The average molecular weight is 445 g/mol. The van der Waals surface area contributed by atoms with Gasteiger partial charge in [0.1, 0.15) is 0 Å². The van der Waals surface area contributed by atoms with Crippen LogP contribution in [0.1, 0.15) is 16.7 Å². The van der Waals surface area contributed by atoms with Crippen LogP contribution >= 0.6 is 34.8 Å². The Kier molecular flexibility index (Phi) is 5.72. The summed E-state index contributed by atoms with van der Waals surface area (Å²) in [4.78, 5) is 0.172. The van der Waals surface area contributed by atoms with E-state index in [1.54, 1.807) is 55.1 Å². The molecule has 0 spiro atoms. The van der Waals surface area contributed by atoms with E-state index in [-0.39, 0.29) is 4.90 Å². The van der Waals surface area contributed by atoms with Crippen LogP contribution in [0.15, 0.2) is 47.6 Å². The molecule has 0 bridgehead atoms. The summed E-state index contributed by atoms with van der Waals surface area (Å²) in [5.74, 6) is 0. The normalized spacial score (nSPS) is 11.6.